The van der Waals surface area contributed by atoms with Crippen molar-refractivity contribution in [3.05, 3.63) is 59.7 Å². The third-order valence-electron chi connectivity index (χ3n) is 4.57. The number of benzene rings is 2. The number of amides is 1. The van der Waals surface area contributed by atoms with Crippen molar-refractivity contribution in [1.82, 2.24) is 4.72 Å². The van der Waals surface area contributed by atoms with Crippen molar-refractivity contribution in [3.63, 3.8) is 0 Å². The summed E-state index contributed by atoms with van der Waals surface area (Å²) in [4.78, 5) is 12.7. The third-order valence-corrected chi connectivity index (χ3v) is 9.12. The molecule has 0 bridgehead atoms. The second-order valence-electron chi connectivity index (χ2n) is 6.93. The molecule has 8 heteroatoms. The van der Waals surface area contributed by atoms with Crippen LogP contribution in [0.15, 0.2) is 53.4 Å². The summed E-state index contributed by atoms with van der Waals surface area (Å²) in [6, 6.07) is 14.1. The first kappa shape index (κ1) is 19.8. The van der Waals surface area contributed by atoms with Crippen LogP contribution in [0.5, 0.6) is 0 Å². The van der Waals surface area contributed by atoms with E-state index in [0.717, 1.165) is 18.5 Å². The van der Waals surface area contributed by atoms with E-state index >= 15 is 0 Å². The summed E-state index contributed by atoms with van der Waals surface area (Å²) < 4.78 is 27.5. The van der Waals surface area contributed by atoms with E-state index in [-0.39, 0.29) is 16.8 Å². The van der Waals surface area contributed by atoms with Crippen LogP contribution in [0.4, 0.5) is 5.69 Å². The quantitative estimate of drug-likeness (QED) is 0.711. The highest BCUT2D eigenvalue weighted by Gasteiger charge is 2.28. The molecular formula is C20H22N2O3S3. The Morgan fingerprint density at radius 2 is 1.71 bits per heavy atom. The van der Waals surface area contributed by atoms with Crippen molar-refractivity contribution in [3.8, 4) is 0 Å². The minimum atomic E-state index is -3.50. The predicted octanol–water partition coefficient (Wildman–Crippen LogP) is 4.25. The molecule has 1 saturated carbocycles. The maximum absolute atomic E-state index is 12.6. The van der Waals surface area contributed by atoms with E-state index < -0.39 is 10.0 Å². The lowest BCUT2D eigenvalue weighted by Gasteiger charge is -2.21. The zero-order valence-corrected chi connectivity index (χ0v) is 17.7. The monoisotopic (exact) mass is 434 g/mol. The number of anilines is 1. The molecule has 1 aliphatic heterocycles. The number of carbonyl (C=O) groups is 1. The number of hydrogen-bond donors (Lipinski definition) is 2. The zero-order chi connectivity index (χ0) is 19.6. The van der Waals surface area contributed by atoms with E-state index in [9.17, 15) is 13.2 Å². The van der Waals surface area contributed by atoms with E-state index in [4.69, 9.17) is 0 Å². The summed E-state index contributed by atoms with van der Waals surface area (Å²) in [6.45, 7) is 0. The minimum Gasteiger partial charge on any atom is -0.322 e. The Morgan fingerprint density at radius 1 is 1.00 bits per heavy atom. The number of hydrogen-bond acceptors (Lipinski definition) is 5. The van der Waals surface area contributed by atoms with Crippen LogP contribution in [0, 0.1) is 0 Å². The predicted molar refractivity (Wildman–Crippen MR) is 116 cm³/mol. The largest absolute Gasteiger partial charge is 0.322 e. The fourth-order valence-electron chi connectivity index (χ4n) is 2.92. The minimum absolute atomic E-state index is 0.0562. The van der Waals surface area contributed by atoms with Gasteiger partial charge in [-0.3, -0.25) is 4.79 Å². The van der Waals surface area contributed by atoms with E-state index in [1.54, 1.807) is 12.1 Å². The first-order valence-electron chi connectivity index (χ1n) is 9.28. The summed E-state index contributed by atoms with van der Waals surface area (Å²) in [5.41, 5.74) is 2.39. The highest BCUT2D eigenvalue weighted by molar-refractivity contribution is 8.16. The lowest BCUT2D eigenvalue weighted by molar-refractivity contribution is 0.102. The maximum atomic E-state index is 12.6. The van der Waals surface area contributed by atoms with Crippen molar-refractivity contribution in [2.24, 2.45) is 0 Å². The van der Waals surface area contributed by atoms with Gasteiger partial charge in [-0.15, -0.1) is 23.5 Å². The third kappa shape index (κ3) is 4.92. The van der Waals surface area contributed by atoms with Crippen LogP contribution in [0.25, 0.3) is 0 Å². The van der Waals surface area contributed by atoms with E-state index in [2.05, 4.69) is 16.1 Å². The number of nitrogens with one attached hydrogen (secondary N) is 2. The number of sulfonamides is 1. The van der Waals surface area contributed by atoms with Crippen LogP contribution < -0.4 is 10.0 Å². The molecule has 1 aliphatic carbocycles. The van der Waals surface area contributed by atoms with E-state index in [0.29, 0.717) is 10.1 Å². The molecule has 2 fully saturated rings. The second-order valence-corrected chi connectivity index (χ2v) is 11.4. The highest BCUT2D eigenvalue weighted by atomic mass is 32.2. The Hall–Kier alpha value is -1.48. The molecular weight excluding hydrogens is 412 g/mol. The molecule has 2 N–H and O–H groups in total. The lowest BCUT2D eigenvalue weighted by Crippen LogP contribution is -2.25. The topological polar surface area (TPSA) is 75.3 Å². The molecule has 0 spiro atoms. The average Bonchev–Trinajstić information content (AvgIpc) is 3.52. The standard InChI is InChI=1S/C20H22N2O3S3/c23-19(14-5-9-18(10-6-14)28(24,25)22-16-7-8-16)21-17-4-1-3-15(13-17)20-26-11-2-12-27-20/h1,3-6,9-10,13,16,20,22H,2,7-8,11-12H2,(H,21,23). The van der Waals surface area contributed by atoms with E-state index in [1.165, 1.54) is 35.6 Å². The van der Waals surface area contributed by atoms with Crippen LogP contribution in [-0.2, 0) is 10.0 Å². The molecule has 1 heterocycles. The molecule has 148 valence electrons. The Bertz CT molecular complexity index is 951. The molecule has 1 amide bonds. The Labute approximate surface area is 174 Å². The number of carbonyl (C=O) groups excluding carboxylic acids is 1. The van der Waals surface area contributed by atoms with Gasteiger partial charge >= 0.3 is 0 Å². The van der Waals surface area contributed by atoms with Crippen molar-refractivity contribution < 1.29 is 13.2 Å². The molecule has 0 atom stereocenters. The maximum Gasteiger partial charge on any atom is 0.255 e. The van der Waals surface area contributed by atoms with Crippen LogP contribution in [0.2, 0.25) is 0 Å². The summed E-state index contributed by atoms with van der Waals surface area (Å²) >= 11 is 3.88. The molecule has 0 unspecified atom stereocenters. The van der Waals surface area contributed by atoms with Gasteiger partial charge in [-0.1, -0.05) is 12.1 Å². The van der Waals surface area contributed by atoms with Gasteiger partial charge in [0.15, 0.2) is 0 Å². The van der Waals surface area contributed by atoms with Gasteiger partial charge in [0.2, 0.25) is 10.0 Å². The van der Waals surface area contributed by atoms with Gasteiger partial charge < -0.3 is 5.32 Å². The van der Waals surface area contributed by atoms with Gasteiger partial charge in [0.25, 0.3) is 5.91 Å². The highest BCUT2D eigenvalue weighted by Crippen LogP contribution is 2.44. The Kier molecular flexibility index (Phi) is 6.01. The van der Waals surface area contributed by atoms with Crippen molar-refractivity contribution in [1.29, 1.82) is 0 Å². The van der Waals surface area contributed by atoms with Gasteiger partial charge in [0, 0.05) is 17.3 Å². The fourth-order valence-corrected chi connectivity index (χ4v) is 7.10. The van der Waals surface area contributed by atoms with Crippen molar-refractivity contribution in [2.45, 2.75) is 34.8 Å². The average molecular weight is 435 g/mol. The molecule has 2 aliphatic rings. The Balaban J connectivity index is 1.43. The zero-order valence-electron chi connectivity index (χ0n) is 15.3. The molecule has 0 radical (unpaired) electrons. The summed E-state index contributed by atoms with van der Waals surface area (Å²) in [5, 5.41) is 2.92. The summed E-state index contributed by atoms with van der Waals surface area (Å²) in [5.74, 6) is 2.08. The first-order chi connectivity index (χ1) is 13.5. The molecule has 0 aromatic heterocycles. The van der Waals surface area contributed by atoms with Gasteiger partial charge in [-0.2, -0.15) is 0 Å². The molecule has 2 aromatic carbocycles. The molecule has 5 nitrogen and oxygen atoms in total. The lowest BCUT2D eigenvalue weighted by atomic mass is 10.2. The van der Waals surface area contributed by atoms with Gasteiger partial charge in [0.05, 0.1) is 9.48 Å². The first-order valence-corrected chi connectivity index (χ1v) is 12.9. The van der Waals surface area contributed by atoms with Crippen LogP contribution >= 0.6 is 23.5 Å². The van der Waals surface area contributed by atoms with Gasteiger partial charge in [0.1, 0.15) is 0 Å². The number of thioether (sulfide) groups is 2. The molecule has 2 aromatic rings. The van der Waals surface area contributed by atoms with Crippen molar-refractivity contribution >= 4 is 45.1 Å². The van der Waals surface area contributed by atoms with Crippen molar-refractivity contribution in [2.75, 3.05) is 16.8 Å². The normalized spacial score (nSPS) is 18.0. The molecule has 28 heavy (non-hydrogen) atoms. The van der Waals surface area contributed by atoms with Gasteiger partial charge in [-0.05, 0) is 72.7 Å². The van der Waals surface area contributed by atoms with Gasteiger partial charge in [-0.25, -0.2) is 13.1 Å². The van der Waals surface area contributed by atoms with Crippen LogP contribution in [0.3, 0.4) is 0 Å². The second kappa shape index (κ2) is 8.49. The Morgan fingerprint density at radius 3 is 2.39 bits per heavy atom. The SMILES string of the molecule is O=C(Nc1cccc(C2SCCCS2)c1)c1ccc(S(=O)(=O)NC2CC2)cc1. The number of rotatable bonds is 6. The summed E-state index contributed by atoms with van der Waals surface area (Å²) in [7, 11) is -3.50. The van der Waals surface area contributed by atoms with Crippen LogP contribution in [-0.4, -0.2) is 31.9 Å². The molecule has 4 rings (SSSR count). The fraction of sp³-hybridized carbons (Fsp3) is 0.350. The smallest absolute Gasteiger partial charge is 0.255 e. The van der Waals surface area contributed by atoms with E-state index in [1.807, 2.05) is 41.7 Å². The summed E-state index contributed by atoms with van der Waals surface area (Å²) in [6.07, 6.45) is 3.01. The molecule has 1 saturated heterocycles. The van der Waals surface area contributed by atoms with Crippen LogP contribution in [0.1, 0.15) is 39.8 Å².